The van der Waals surface area contributed by atoms with Gasteiger partial charge < -0.3 is 14.8 Å². The van der Waals surface area contributed by atoms with Crippen molar-refractivity contribution in [3.63, 3.8) is 0 Å². The number of hydrogen-bond acceptors (Lipinski definition) is 5. The standard InChI is InChI=1S/C19H23N3O4/c1-25-10-14-17(13-7-9-26-18(13)14)21-16(23)6-8-22-11-20-15-5-3-2-4-12(15)19(22)24/h2-5,11,13-14,17-18H,6-10H2,1H3,(H,21,23)/t13-,14+,17-,18-/m1/s1. The highest BCUT2D eigenvalue weighted by Gasteiger charge is 2.54. The zero-order valence-corrected chi connectivity index (χ0v) is 14.8. The average Bonchev–Trinajstić information content (AvgIpc) is 3.08. The van der Waals surface area contributed by atoms with Gasteiger partial charge in [0.2, 0.25) is 5.91 Å². The predicted octanol–water partition coefficient (Wildman–Crippen LogP) is 0.953. The van der Waals surface area contributed by atoms with Gasteiger partial charge in [0.1, 0.15) is 0 Å². The van der Waals surface area contributed by atoms with E-state index in [1.807, 2.05) is 12.1 Å². The van der Waals surface area contributed by atoms with Crippen LogP contribution in [0.2, 0.25) is 0 Å². The van der Waals surface area contributed by atoms with E-state index in [1.165, 1.54) is 10.9 Å². The highest BCUT2D eigenvalue weighted by molar-refractivity contribution is 5.77. The van der Waals surface area contributed by atoms with Crippen LogP contribution in [0.1, 0.15) is 12.8 Å². The smallest absolute Gasteiger partial charge is 0.261 e. The summed E-state index contributed by atoms with van der Waals surface area (Å²) in [5.41, 5.74) is 0.552. The number of amides is 1. The van der Waals surface area contributed by atoms with Crippen LogP contribution >= 0.6 is 0 Å². The number of ether oxygens (including phenoxy) is 2. The summed E-state index contributed by atoms with van der Waals surface area (Å²) in [6.45, 7) is 1.65. The van der Waals surface area contributed by atoms with Crippen LogP contribution in [0.25, 0.3) is 10.9 Å². The number of nitrogens with zero attached hydrogens (tertiary/aromatic N) is 2. The van der Waals surface area contributed by atoms with Crippen LogP contribution in [0.3, 0.4) is 0 Å². The van der Waals surface area contributed by atoms with E-state index in [2.05, 4.69) is 10.3 Å². The summed E-state index contributed by atoms with van der Waals surface area (Å²) in [7, 11) is 1.67. The lowest BCUT2D eigenvalue weighted by Crippen LogP contribution is -2.62. The topological polar surface area (TPSA) is 82.5 Å². The van der Waals surface area contributed by atoms with Crippen LogP contribution in [0.4, 0.5) is 0 Å². The van der Waals surface area contributed by atoms with Crippen LogP contribution in [0.5, 0.6) is 0 Å². The Morgan fingerprint density at radius 2 is 2.27 bits per heavy atom. The molecule has 2 fully saturated rings. The second-order valence-corrected chi connectivity index (χ2v) is 7.01. The lowest BCUT2D eigenvalue weighted by Gasteiger charge is -2.47. The number of para-hydroxylation sites is 1. The van der Waals surface area contributed by atoms with E-state index < -0.39 is 0 Å². The van der Waals surface area contributed by atoms with Gasteiger partial charge in [0.25, 0.3) is 5.56 Å². The number of benzene rings is 1. The molecule has 7 nitrogen and oxygen atoms in total. The molecule has 2 aromatic rings. The molecule has 1 saturated carbocycles. The molecule has 2 heterocycles. The number of carbonyl (C=O) groups excluding carboxylic acids is 1. The number of carbonyl (C=O) groups is 1. The van der Waals surface area contributed by atoms with E-state index >= 15 is 0 Å². The zero-order chi connectivity index (χ0) is 18.1. The molecule has 1 aliphatic carbocycles. The average molecular weight is 357 g/mol. The van der Waals surface area contributed by atoms with Crippen LogP contribution in [0.15, 0.2) is 35.4 Å². The van der Waals surface area contributed by atoms with Crippen molar-refractivity contribution in [1.82, 2.24) is 14.9 Å². The van der Waals surface area contributed by atoms with Crippen molar-refractivity contribution in [3.8, 4) is 0 Å². The Hall–Kier alpha value is -2.25. The van der Waals surface area contributed by atoms with Gasteiger partial charge in [-0.2, -0.15) is 0 Å². The van der Waals surface area contributed by atoms with Crippen molar-refractivity contribution < 1.29 is 14.3 Å². The number of nitrogens with one attached hydrogen (secondary N) is 1. The maximum Gasteiger partial charge on any atom is 0.261 e. The summed E-state index contributed by atoms with van der Waals surface area (Å²) in [5.74, 6) is 0.534. The molecule has 1 N–H and O–H groups in total. The predicted molar refractivity (Wildman–Crippen MR) is 95.8 cm³/mol. The monoisotopic (exact) mass is 357 g/mol. The Bertz CT molecular complexity index is 865. The van der Waals surface area contributed by atoms with Crippen molar-refractivity contribution in [2.45, 2.75) is 31.5 Å². The molecule has 1 saturated heterocycles. The Balaban J connectivity index is 1.38. The van der Waals surface area contributed by atoms with Gasteiger partial charge in [0.05, 0.1) is 29.9 Å². The third-order valence-electron chi connectivity index (χ3n) is 5.53. The summed E-state index contributed by atoms with van der Waals surface area (Å²) in [5, 5.41) is 3.68. The van der Waals surface area contributed by atoms with E-state index in [-0.39, 0.29) is 36.0 Å². The molecule has 0 spiro atoms. The van der Waals surface area contributed by atoms with Gasteiger partial charge in [-0.25, -0.2) is 4.98 Å². The van der Waals surface area contributed by atoms with Gasteiger partial charge in [-0.05, 0) is 18.6 Å². The number of rotatable bonds is 6. The number of fused-ring (bicyclic) bond motifs is 2. The molecule has 1 aromatic carbocycles. The molecule has 26 heavy (non-hydrogen) atoms. The second kappa shape index (κ2) is 7.17. The molecule has 4 atom stereocenters. The lowest BCUT2D eigenvalue weighted by molar-refractivity contribution is -0.130. The van der Waals surface area contributed by atoms with Crippen LogP contribution in [0, 0.1) is 11.8 Å². The molecule has 1 aromatic heterocycles. The highest BCUT2D eigenvalue weighted by atomic mass is 16.5. The van der Waals surface area contributed by atoms with Crippen molar-refractivity contribution in [3.05, 3.63) is 40.9 Å². The number of hydrogen-bond donors (Lipinski definition) is 1. The lowest BCUT2D eigenvalue weighted by atomic mass is 9.67. The fourth-order valence-electron chi connectivity index (χ4n) is 4.18. The molecule has 0 bridgehead atoms. The molecule has 0 unspecified atom stereocenters. The molecule has 1 aliphatic heterocycles. The number of aromatic nitrogens is 2. The Labute approximate surface area is 151 Å². The second-order valence-electron chi connectivity index (χ2n) is 7.01. The molecular formula is C19H23N3O4. The summed E-state index contributed by atoms with van der Waals surface area (Å²) < 4.78 is 12.5. The molecule has 4 rings (SSSR count). The maximum atomic E-state index is 12.5. The summed E-state index contributed by atoms with van der Waals surface area (Å²) in [6.07, 6.45) is 2.93. The quantitative estimate of drug-likeness (QED) is 0.832. The van der Waals surface area contributed by atoms with Crippen molar-refractivity contribution in [2.24, 2.45) is 11.8 Å². The van der Waals surface area contributed by atoms with Crippen molar-refractivity contribution >= 4 is 16.8 Å². The largest absolute Gasteiger partial charge is 0.384 e. The Morgan fingerprint density at radius 3 is 3.12 bits per heavy atom. The third kappa shape index (κ3) is 3.01. The molecule has 0 radical (unpaired) electrons. The van der Waals surface area contributed by atoms with Crippen molar-refractivity contribution in [1.29, 1.82) is 0 Å². The molecular weight excluding hydrogens is 334 g/mol. The van der Waals surface area contributed by atoms with Crippen LogP contribution < -0.4 is 10.9 Å². The number of methoxy groups -OCH3 is 1. The van der Waals surface area contributed by atoms with Crippen LogP contribution in [-0.4, -0.2) is 47.9 Å². The maximum absolute atomic E-state index is 12.5. The number of aryl methyl sites for hydroxylation is 1. The first kappa shape index (κ1) is 17.2. The molecule has 1 amide bonds. The first-order valence-corrected chi connectivity index (χ1v) is 9.03. The highest BCUT2D eigenvalue weighted by Crippen LogP contribution is 2.43. The van der Waals surface area contributed by atoms with Gasteiger partial charge in [0, 0.05) is 44.6 Å². The van der Waals surface area contributed by atoms with Gasteiger partial charge >= 0.3 is 0 Å². The fraction of sp³-hybridized carbons (Fsp3) is 0.526. The van der Waals surface area contributed by atoms with Crippen LogP contribution in [-0.2, 0) is 20.8 Å². The summed E-state index contributed by atoms with van der Waals surface area (Å²) >= 11 is 0. The van der Waals surface area contributed by atoms with Crippen molar-refractivity contribution in [2.75, 3.05) is 20.3 Å². The first-order chi connectivity index (χ1) is 12.7. The molecule has 7 heteroatoms. The van der Waals surface area contributed by atoms with Gasteiger partial charge in [-0.1, -0.05) is 12.1 Å². The zero-order valence-electron chi connectivity index (χ0n) is 14.8. The molecule has 2 aliphatic rings. The third-order valence-corrected chi connectivity index (χ3v) is 5.53. The SMILES string of the molecule is COC[C@H]1[C@H](NC(=O)CCn2cnc3ccccc3c2=O)[C@H]2CCO[C@H]21. The van der Waals surface area contributed by atoms with Gasteiger partial charge in [0.15, 0.2) is 0 Å². The minimum atomic E-state index is -0.117. The van der Waals surface area contributed by atoms with E-state index in [0.717, 1.165) is 13.0 Å². The Kier molecular flexibility index (Phi) is 4.74. The normalized spacial score (nSPS) is 27.1. The van der Waals surface area contributed by atoms with E-state index in [9.17, 15) is 9.59 Å². The van der Waals surface area contributed by atoms with Gasteiger partial charge in [-0.15, -0.1) is 0 Å². The van der Waals surface area contributed by atoms with Gasteiger partial charge in [-0.3, -0.25) is 14.2 Å². The molecule has 138 valence electrons. The first-order valence-electron chi connectivity index (χ1n) is 9.03. The van der Waals surface area contributed by atoms with E-state index in [0.29, 0.717) is 30.0 Å². The van der Waals surface area contributed by atoms with E-state index in [1.54, 1.807) is 19.2 Å². The van der Waals surface area contributed by atoms with E-state index in [4.69, 9.17) is 9.47 Å². The fourth-order valence-corrected chi connectivity index (χ4v) is 4.18. The summed E-state index contributed by atoms with van der Waals surface area (Å²) in [4.78, 5) is 29.2. The summed E-state index contributed by atoms with van der Waals surface area (Å²) in [6, 6.07) is 7.32. The minimum Gasteiger partial charge on any atom is -0.384 e. The minimum absolute atomic E-state index is 0.0542. The Morgan fingerprint density at radius 1 is 1.42 bits per heavy atom.